The van der Waals surface area contributed by atoms with Gasteiger partial charge in [0.15, 0.2) is 0 Å². The Morgan fingerprint density at radius 1 is 0.643 bits per heavy atom. The van der Waals surface area contributed by atoms with Crippen LogP contribution in [0.1, 0.15) is 11.3 Å². The number of para-hydroxylation sites is 2. The predicted molar refractivity (Wildman–Crippen MR) is 117 cm³/mol. The summed E-state index contributed by atoms with van der Waals surface area (Å²) in [5.41, 5.74) is 10.9. The molecule has 5 rings (SSSR count). The van der Waals surface area contributed by atoms with Crippen LogP contribution in [0.15, 0.2) is 103 Å². The monoisotopic (exact) mass is 363 g/mol. The van der Waals surface area contributed by atoms with Crippen LogP contribution in [-0.2, 0) is 6.42 Å². The molecule has 0 amide bonds. The Morgan fingerprint density at radius 3 is 2.18 bits per heavy atom. The van der Waals surface area contributed by atoms with Crippen LogP contribution in [-0.4, -0.2) is 9.97 Å². The second-order valence-corrected chi connectivity index (χ2v) is 6.57. The molecule has 0 saturated carbocycles. The highest BCUT2D eigenvalue weighted by atomic mass is 14.7. The first-order chi connectivity index (χ1) is 13.8. The van der Waals surface area contributed by atoms with E-state index in [1.807, 2.05) is 48.5 Å². The van der Waals surface area contributed by atoms with Gasteiger partial charge in [0.2, 0.25) is 0 Å². The topological polar surface area (TPSA) is 51.8 Å². The number of benzene rings is 3. The highest BCUT2D eigenvalue weighted by molar-refractivity contribution is 5.89. The number of nitrogens with zero attached hydrogens (tertiary/aromatic N) is 2. The van der Waals surface area contributed by atoms with Crippen LogP contribution < -0.4 is 5.73 Å². The fourth-order valence-corrected chi connectivity index (χ4v) is 3.13. The number of anilines is 1. The van der Waals surface area contributed by atoms with E-state index in [0.29, 0.717) is 0 Å². The van der Waals surface area contributed by atoms with Gasteiger partial charge in [0.05, 0.1) is 11.0 Å². The first-order valence-electron chi connectivity index (χ1n) is 9.27. The second kappa shape index (κ2) is 8.31. The standard InChI is InChI=1S/C16H13N.C9H8N2/c1-2-6-13(7-3-1)12-15-11-10-14-8-4-5-9-16(14)17-15;10-8-5-6-11-9-4-2-1-3-7(8)9/h1-11H,12H2;1-6H,(H2,10,11). The maximum atomic E-state index is 5.72. The van der Waals surface area contributed by atoms with Gasteiger partial charge in [-0.15, -0.1) is 0 Å². The van der Waals surface area contributed by atoms with E-state index in [4.69, 9.17) is 5.73 Å². The molecule has 3 aromatic carbocycles. The third-order valence-electron chi connectivity index (χ3n) is 4.57. The lowest BCUT2D eigenvalue weighted by molar-refractivity contribution is 1.10. The molecule has 2 aromatic heterocycles. The minimum atomic E-state index is 0.788. The van der Waals surface area contributed by atoms with Crippen LogP contribution in [0.5, 0.6) is 0 Å². The molecule has 5 aromatic rings. The minimum absolute atomic E-state index is 0.788. The molecule has 28 heavy (non-hydrogen) atoms. The van der Waals surface area contributed by atoms with Gasteiger partial charge in [-0.05, 0) is 29.8 Å². The third kappa shape index (κ3) is 4.15. The highest BCUT2D eigenvalue weighted by Gasteiger charge is 1.99. The smallest absolute Gasteiger partial charge is 0.0722 e. The van der Waals surface area contributed by atoms with Crippen molar-refractivity contribution in [2.24, 2.45) is 0 Å². The molecule has 0 unspecified atom stereocenters. The number of hydrogen-bond donors (Lipinski definition) is 1. The van der Waals surface area contributed by atoms with Gasteiger partial charge in [-0.25, -0.2) is 0 Å². The Hall–Kier alpha value is -3.72. The largest absolute Gasteiger partial charge is 0.398 e. The maximum Gasteiger partial charge on any atom is 0.0722 e. The fourth-order valence-electron chi connectivity index (χ4n) is 3.13. The molecule has 0 fully saturated rings. The summed E-state index contributed by atoms with van der Waals surface area (Å²) in [6, 6.07) is 32.6. The van der Waals surface area contributed by atoms with Crippen molar-refractivity contribution in [2.75, 3.05) is 5.73 Å². The van der Waals surface area contributed by atoms with Crippen LogP contribution in [0.25, 0.3) is 21.8 Å². The molecule has 0 spiro atoms. The van der Waals surface area contributed by atoms with Crippen molar-refractivity contribution in [3.63, 3.8) is 0 Å². The average Bonchev–Trinajstić information content (AvgIpc) is 2.75. The lowest BCUT2D eigenvalue weighted by Gasteiger charge is -2.03. The molecule has 0 bridgehead atoms. The van der Waals surface area contributed by atoms with Crippen molar-refractivity contribution in [2.45, 2.75) is 6.42 Å². The lowest BCUT2D eigenvalue weighted by atomic mass is 10.1. The van der Waals surface area contributed by atoms with Crippen LogP contribution in [0.3, 0.4) is 0 Å². The van der Waals surface area contributed by atoms with Gasteiger partial charge in [0, 0.05) is 34.8 Å². The molecule has 3 nitrogen and oxygen atoms in total. The van der Waals surface area contributed by atoms with Gasteiger partial charge in [0.25, 0.3) is 0 Å². The van der Waals surface area contributed by atoms with Gasteiger partial charge >= 0.3 is 0 Å². The number of pyridine rings is 2. The molecular weight excluding hydrogens is 342 g/mol. The Morgan fingerprint density at radius 2 is 1.36 bits per heavy atom. The highest BCUT2D eigenvalue weighted by Crippen LogP contribution is 2.17. The fraction of sp³-hybridized carbons (Fsp3) is 0.0400. The molecule has 0 radical (unpaired) electrons. The number of aromatic nitrogens is 2. The van der Waals surface area contributed by atoms with E-state index < -0.39 is 0 Å². The predicted octanol–water partition coefficient (Wildman–Crippen LogP) is 5.64. The Bertz CT molecular complexity index is 1190. The SMILES string of the molecule is Nc1ccnc2ccccc12.c1ccc(Cc2ccc3ccccc3n2)cc1. The van der Waals surface area contributed by atoms with Crippen LogP contribution in [0.2, 0.25) is 0 Å². The number of nitrogens with two attached hydrogens (primary N) is 1. The van der Waals surface area contributed by atoms with Gasteiger partial charge in [-0.1, -0.05) is 72.8 Å². The first-order valence-corrected chi connectivity index (χ1v) is 9.27. The zero-order valence-corrected chi connectivity index (χ0v) is 15.5. The minimum Gasteiger partial charge on any atom is -0.398 e. The maximum absolute atomic E-state index is 5.72. The van der Waals surface area contributed by atoms with Gasteiger partial charge in [-0.2, -0.15) is 0 Å². The van der Waals surface area contributed by atoms with Gasteiger partial charge in [0.1, 0.15) is 0 Å². The summed E-state index contributed by atoms with van der Waals surface area (Å²) in [5, 5.41) is 2.22. The zero-order valence-electron chi connectivity index (χ0n) is 15.5. The quantitative estimate of drug-likeness (QED) is 0.441. The van der Waals surface area contributed by atoms with E-state index >= 15 is 0 Å². The number of nitrogen functional groups attached to an aromatic ring is 1. The van der Waals surface area contributed by atoms with Crippen molar-refractivity contribution in [3.8, 4) is 0 Å². The Kier molecular flexibility index (Phi) is 5.25. The van der Waals surface area contributed by atoms with Gasteiger partial charge < -0.3 is 5.73 Å². The van der Waals surface area contributed by atoms with Crippen molar-refractivity contribution < 1.29 is 0 Å². The molecule has 3 heteroatoms. The van der Waals surface area contributed by atoms with E-state index in [0.717, 1.165) is 34.2 Å². The van der Waals surface area contributed by atoms with Crippen molar-refractivity contribution >= 4 is 27.5 Å². The van der Waals surface area contributed by atoms with Crippen molar-refractivity contribution in [1.29, 1.82) is 0 Å². The molecule has 136 valence electrons. The summed E-state index contributed by atoms with van der Waals surface area (Å²) in [7, 11) is 0. The van der Waals surface area contributed by atoms with E-state index in [-0.39, 0.29) is 0 Å². The second-order valence-electron chi connectivity index (χ2n) is 6.57. The molecule has 0 aliphatic carbocycles. The molecular formula is C25H21N3. The van der Waals surface area contributed by atoms with E-state index in [9.17, 15) is 0 Å². The zero-order chi connectivity index (χ0) is 19.2. The van der Waals surface area contributed by atoms with Crippen LogP contribution >= 0.6 is 0 Å². The van der Waals surface area contributed by atoms with Gasteiger partial charge in [-0.3, -0.25) is 9.97 Å². The summed E-state index contributed by atoms with van der Waals surface area (Å²) < 4.78 is 0. The Balaban J connectivity index is 0.000000151. The van der Waals surface area contributed by atoms with Crippen molar-refractivity contribution in [3.05, 3.63) is 115 Å². The molecule has 0 saturated heterocycles. The normalized spacial score (nSPS) is 10.4. The molecule has 2 heterocycles. The summed E-state index contributed by atoms with van der Waals surface area (Å²) in [6.45, 7) is 0. The van der Waals surface area contributed by atoms with E-state index in [1.54, 1.807) is 6.20 Å². The number of hydrogen-bond acceptors (Lipinski definition) is 3. The molecule has 2 N–H and O–H groups in total. The summed E-state index contributed by atoms with van der Waals surface area (Å²) in [5.74, 6) is 0. The van der Waals surface area contributed by atoms with Crippen LogP contribution in [0, 0.1) is 0 Å². The molecule has 0 aliphatic rings. The van der Waals surface area contributed by atoms with E-state index in [1.165, 1.54) is 10.9 Å². The number of rotatable bonds is 2. The Labute approximate surface area is 164 Å². The third-order valence-corrected chi connectivity index (χ3v) is 4.57. The number of fused-ring (bicyclic) bond motifs is 2. The van der Waals surface area contributed by atoms with Crippen LogP contribution in [0.4, 0.5) is 5.69 Å². The van der Waals surface area contributed by atoms with Crippen molar-refractivity contribution in [1.82, 2.24) is 9.97 Å². The molecule has 0 aliphatic heterocycles. The summed E-state index contributed by atoms with van der Waals surface area (Å²) in [4.78, 5) is 8.83. The lowest BCUT2D eigenvalue weighted by Crippen LogP contribution is -1.92. The average molecular weight is 363 g/mol. The summed E-state index contributed by atoms with van der Waals surface area (Å²) >= 11 is 0. The first kappa shape index (κ1) is 17.7. The molecule has 0 atom stereocenters. The van der Waals surface area contributed by atoms with E-state index in [2.05, 4.69) is 58.5 Å². The summed E-state index contributed by atoms with van der Waals surface area (Å²) in [6.07, 6.45) is 2.61.